The number of nitrogens with one attached hydrogen (secondary N) is 1. The number of amides is 2. The van der Waals surface area contributed by atoms with Crippen LogP contribution in [-0.4, -0.2) is 46.6 Å². The van der Waals surface area contributed by atoms with E-state index in [9.17, 15) is 14.7 Å². The van der Waals surface area contributed by atoms with E-state index in [0.717, 1.165) is 10.0 Å². The van der Waals surface area contributed by atoms with Crippen molar-refractivity contribution in [3.63, 3.8) is 0 Å². The Kier molecular flexibility index (Phi) is 4.24. The van der Waals surface area contributed by atoms with Crippen molar-refractivity contribution in [2.45, 2.75) is 50.7 Å². The van der Waals surface area contributed by atoms with Gasteiger partial charge < -0.3 is 15.3 Å². The summed E-state index contributed by atoms with van der Waals surface area (Å²) < 4.78 is 0.949. The lowest BCUT2D eigenvalue weighted by molar-refractivity contribution is -0.125. The van der Waals surface area contributed by atoms with E-state index in [-0.39, 0.29) is 29.8 Å². The van der Waals surface area contributed by atoms with E-state index in [1.807, 2.05) is 18.2 Å². The molecule has 6 heteroatoms. The second kappa shape index (κ2) is 5.85. The summed E-state index contributed by atoms with van der Waals surface area (Å²) in [5, 5.41) is 12.6. The van der Waals surface area contributed by atoms with Crippen LogP contribution in [0.15, 0.2) is 22.7 Å². The van der Waals surface area contributed by atoms with Crippen LogP contribution in [-0.2, 0) is 10.2 Å². The molecule has 0 bridgehead atoms. The molecule has 0 saturated heterocycles. The minimum absolute atomic E-state index is 0.00337. The fourth-order valence-corrected chi connectivity index (χ4v) is 4.11. The standard InChI is InChI=1S/C18H23BrN2O3/c1-17(2)10-21(9-15(22)20-12-7-18(3,24)8-12)16(23)13-5-4-11(19)6-14(13)17/h4-6,12,24H,7-10H2,1-3H3,(H,20,22). The van der Waals surface area contributed by atoms with Gasteiger partial charge in [0.15, 0.2) is 0 Å². The molecule has 3 rings (SSSR count). The van der Waals surface area contributed by atoms with Gasteiger partial charge in [-0.3, -0.25) is 9.59 Å². The molecule has 1 aliphatic carbocycles. The normalized spacial score (nSPS) is 28.1. The highest BCUT2D eigenvalue weighted by atomic mass is 79.9. The number of fused-ring (bicyclic) bond motifs is 1. The average Bonchev–Trinajstić information content (AvgIpc) is 2.42. The molecule has 2 aliphatic rings. The molecule has 2 N–H and O–H groups in total. The van der Waals surface area contributed by atoms with Crippen LogP contribution in [0, 0.1) is 0 Å². The number of rotatable bonds is 3. The highest BCUT2D eigenvalue weighted by Crippen LogP contribution is 2.35. The van der Waals surface area contributed by atoms with Crippen molar-refractivity contribution in [2.24, 2.45) is 0 Å². The van der Waals surface area contributed by atoms with Crippen LogP contribution in [0.3, 0.4) is 0 Å². The molecule has 1 aromatic rings. The zero-order valence-electron chi connectivity index (χ0n) is 14.2. The monoisotopic (exact) mass is 394 g/mol. The van der Waals surface area contributed by atoms with Crippen LogP contribution in [0.25, 0.3) is 0 Å². The summed E-state index contributed by atoms with van der Waals surface area (Å²) in [5.41, 5.74) is 0.781. The Bertz CT molecular complexity index is 692. The fraction of sp³-hybridized carbons (Fsp3) is 0.556. The topological polar surface area (TPSA) is 69.6 Å². The molecule has 5 nitrogen and oxygen atoms in total. The van der Waals surface area contributed by atoms with Gasteiger partial charge in [-0.05, 0) is 43.5 Å². The number of carbonyl (C=O) groups excluding carboxylic acids is 2. The molecule has 0 atom stereocenters. The first kappa shape index (κ1) is 17.4. The van der Waals surface area contributed by atoms with Crippen molar-refractivity contribution in [3.05, 3.63) is 33.8 Å². The van der Waals surface area contributed by atoms with Crippen molar-refractivity contribution < 1.29 is 14.7 Å². The third-order valence-electron chi connectivity index (χ3n) is 4.89. The maximum Gasteiger partial charge on any atom is 0.254 e. The van der Waals surface area contributed by atoms with Gasteiger partial charge in [-0.1, -0.05) is 29.8 Å². The minimum atomic E-state index is -0.673. The van der Waals surface area contributed by atoms with Gasteiger partial charge >= 0.3 is 0 Å². The maximum atomic E-state index is 12.7. The SMILES string of the molecule is CC1(O)CC(NC(=O)CN2CC(C)(C)c3cc(Br)ccc3C2=O)C1. The van der Waals surface area contributed by atoms with Crippen LogP contribution in [0.5, 0.6) is 0 Å². The molecule has 0 unspecified atom stereocenters. The van der Waals surface area contributed by atoms with Gasteiger partial charge in [0.05, 0.1) is 12.1 Å². The molecule has 0 aromatic heterocycles. The van der Waals surface area contributed by atoms with Crippen molar-refractivity contribution >= 4 is 27.7 Å². The summed E-state index contributed by atoms with van der Waals surface area (Å²) in [6.45, 7) is 6.49. The number of aliphatic hydroxyl groups is 1. The predicted octanol–water partition coefficient (Wildman–Crippen LogP) is 2.21. The second-order valence-electron chi connectivity index (χ2n) is 7.90. The maximum absolute atomic E-state index is 12.7. The van der Waals surface area contributed by atoms with E-state index in [0.29, 0.717) is 24.9 Å². The number of nitrogens with zero attached hydrogens (tertiary/aromatic N) is 1. The average molecular weight is 395 g/mol. The number of carbonyl (C=O) groups is 2. The molecule has 1 fully saturated rings. The largest absolute Gasteiger partial charge is 0.390 e. The summed E-state index contributed by atoms with van der Waals surface area (Å²) in [6, 6.07) is 5.66. The molecular formula is C18H23BrN2O3. The molecule has 0 radical (unpaired) electrons. The summed E-state index contributed by atoms with van der Waals surface area (Å²) >= 11 is 3.46. The smallest absolute Gasteiger partial charge is 0.254 e. The van der Waals surface area contributed by atoms with E-state index in [2.05, 4.69) is 35.1 Å². The van der Waals surface area contributed by atoms with Crippen LogP contribution >= 0.6 is 15.9 Å². The van der Waals surface area contributed by atoms with Crippen LogP contribution in [0.1, 0.15) is 49.5 Å². The Morgan fingerprint density at radius 3 is 2.67 bits per heavy atom. The van der Waals surface area contributed by atoms with Gasteiger partial charge in [0, 0.05) is 28.0 Å². The summed E-state index contributed by atoms with van der Waals surface area (Å²) in [4.78, 5) is 26.6. The highest BCUT2D eigenvalue weighted by molar-refractivity contribution is 9.10. The van der Waals surface area contributed by atoms with Crippen molar-refractivity contribution in [1.29, 1.82) is 0 Å². The number of hydrogen-bond donors (Lipinski definition) is 2. The lowest BCUT2D eigenvalue weighted by atomic mass is 9.77. The zero-order valence-corrected chi connectivity index (χ0v) is 15.8. The molecule has 1 aliphatic heterocycles. The Morgan fingerprint density at radius 2 is 2.04 bits per heavy atom. The lowest BCUT2D eigenvalue weighted by Crippen LogP contribution is -2.56. The summed E-state index contributed by atoms with van der Waals surface area (Å²) in [7, 11) is 0. The molecule has 1 saturated carbocycles. The minimum Gasteiger partial charge on any atom is -0.390 e. The third-order valence-corrected chi connectivity index (χ3v) is 5.38. The van der Waals surface area contributed by atoms with Gasteiger partial charge in [-0.2, -0.15) is 0 Å². The van der Waals surface area contributed by atoms with Crippen molar-refractivity contribution in [1.82, 2.24) is 10.2 Å². The number of benzene rings is 1. The summed E-state index contributed by atoms with van der Waals surface area (Å²) in [5.74, 6) is -0.271. The Hall–Kier alpha value is -1.40. The van der Waals surface area contributed by atoms with Crippen LogP contribution in [0.2, 0.25) is 0 Å². The number of hydrogen-bond acceptors (Lipinski definition) is 3. The van der Waals surface area contributed by atoms with Crippen molar-refractivity contribution in [2.75, 3.05) is 13.1 Å². The first-order chi connectivity index (χ1) is 11.1. The van der Waals surface area contributed by atoms with Crippen LogP contribution in [0.4, 0.5) is 0 Å². The van der Waals surface area contributed by atoms with E-state index in [1.54, 1.807) is 11.8 Å². The number of halogens is 1. The van der Waals surface area contributed by atoms with Gasteiger partial charge in [-0.15, -0.1) is 0 Å². The first-order valence-corrected chi connectivity index (χ1v) is 8.98. The Labute approximate surface area is 150 Å². The van der Waals surface area contributed by atoms with Crippen LogP contribution < -0.4 is 5.32 Å². The Balaban J connectivity index is 1.70. The highest BCUT2D eigenvalue weighted by Gasteiger charge is 2.40. The van der Waals surface area contributed by atoms with Gasteiger partial charge in [-0.25, -0.2) is 0 Å². The molecule has 1 aromatic carbocycles. The summed E-state index contributed by atoms with van der Waals surface area (Å²) in [6.07, 6.45) is 1.13. The van der Waals surface area contributed by atoms with E-state index >= 15 is 0 Å². The first-order valence-electron chi connectivity index (χ1n) is 8.18. The predicted molar refractivity (Wildman–Crippen MR) is 94.9 cm³/mol. The molecule has 1 heterocycles. The second-order valence-corrected chi connectivity index (χ2v) is 8.82. The Morgan fingerprint density at radius 1 is 1.38 bits per heavy atom. The van der Waals surface area contributed by atoms with Crippen molar-refractivity contribution in [3.8, 4) is 0 Å². The van der Waals surface area contributed by atoms with Gasteiger partial charge in [0.2, 0.25) is 5.91 Å². The zero-order chi connectivity index (χ0) is 17.7. The molecule has 2 amide bonds. The van der Waals surface area contributed by atoms with Gasteiger partial charge in [0.1, 0.15) is 0 Å². The molecular weight excluding hydrogens is 372 g/mol. The third kappa shape index (κ3) is 3.35. The quantitative estimate of drug-likeness (QED) is 0.825. The molecule has 0 spiro atoms. The van der Waals surface area contributed by atoms with E-state index in [1.165, 1.54) is 0 Å². The lowest BCUT2D eigenvalue weighted by Gasteiger charge is -2.42. The molecule has 130 valence electrons. The molecule has 24 heavy (non-hydrogen) atoms. The van der Waals surface area contributed by atoms with E-state index in [4.69, 9.17) is 0 Å². The fourth-order valence-electron chi connectivity index (χ4n) is 3.75. The van der Waals surface area contributed by atoms with Gasteiger partial charge in [0.25, 0.3) is 5.91 Å². The van der Waals surface area contributed by atoms with E-state index < -0.39 is 5.60 Å².